The molecule has 2 fully saturated rings. The summed E-state index contributed by atoms with van der Waals surface area (Å²) in [5, 5.41) is 3.25. The van der Waals surface area contributed by atoms with Crippen molar-refractivity contribution in [1.82, 2.24) is 25.8 Å². The van der Waals surface area contributed by atoms with Crippen molar-refractivity contribution in [3.8, 4) is 11.1 Å². The van der Waals surface area contributed by atoms with E-state index in [1.807, 2.05) is 42.6 Å². The van der Waals surface area contributed by atoms with Crippen molar-refractivity contribution < 1.29 is 4.39 Å². The van der Waals surface area contributed by atoms with E-state index in [-0.39, 0.29) is 11.9 Å². The minimum atomic E-state index is -0.387. The molecule has 1 aliphatic carbocycles. The van der Waals surface area contributed by atoms with Gasteiger partial charge in [0.2, 0.25) is 5.95 Å². The van der Waals surface area contributed by atoms with E-state index >= 15 is 0 Å². The first-order chi connectivity index (χ1) is 15.7. The lowest BCUT2D eigenvalue weighted by atomic mass is 9.81. The van der Waals surface area contributed by atoms with Crippen LogP contribution in [0.2, 0.25) is 0 Å². The van der Waals surface area contributed by atoms with Crippen LogP contribution in [0.25, 0.3) is 11.1 Å². The summed E-state index contributed by atoms with van der Waals surface area (Å²) >= 11 is 0. The molecule has 3 atom stereocenters. The lowest BCUT2D eigenvalue weighted by Crippen LogP contribution is -2.49. The third-order valence-corrected chi connectivity index (χ3v) is 6.50. The number of pyridine rings is 1. The normalized spacial score (nSPS) is 22.4. The molecule has 0 bridgehead atoms. The van der Waals surface area contributed by atoms with Crippen LogP contribution in [0.1, 0.15) is 26.2 Å². The molecule has 3 unspecified atom stereocenters. The van der Waals surface area contributed by atoms with Gasteiger partial charge in [0.1, 0.15) is 0 Å². The van der Waals surface area contributed by atoms with Gasteiger partial charge in [-0.15, -0.1) is 0 Å². The van der Waals surface area contributed by atoms with Gasteiger partial charge in [0.05, 0.1) is 6.20 Å². The predicted octanol–water partition coefficient (Wildman–Crippen LogP) is 3.89. The lowest BCUT2D eigenvalue weighted by molar-refractivity contribution is 0.278. The van der Waals surface area contributed by atoms with Crippen LogP contribution < -0.4 is 21.1 Å². The third kappa shape index (κ3) is 4.16. The van der Waals surface area contributed by atoms with Crippen molar-refractivity contribution in [3.63, 3.8) is 0 Å². The number of nitrogens with zero attached hydrogens (tertiary/aromatic N) is 4. The highest BCUT2D eigenvalue weighted by atomic mass is 19.1. The summed E-state index contributed by atoms with van der Waals surface area (Å²) in [6, 6.07) is 12.6. The number of fused-ring (bicyclic) bond motifs is 1. The van der Waals surface area contributed by atoms with E-state index in [0.29, 0.717) is 30.3 Å². The van der Waals surface area contributed by atoms with Crippen LogP contribution in [0.4, 0.5) is 21.8 Å². The molecule has 3 heterocycles. The fourth-order valence-electron chi connectivity index (χ4n) is 5.00. The lowest BCUT2D eigenvalue weighted by Gasteiger charge is -2.40. The van der Waals surface area contributed by atoms with E-state index in [1.165, 1.54) is 6.20 Å². The molecule has 0 radical (unpaired) electrons. The molecule has 2 aromatic heterocycles. The fraction of sp³-hybridized carbons (Fsp3) is 0.375. The average molecular weight is 434 g/mol. The molecule has 3 aromatic rings. The first kappa shape index (κ1) is 20.8. The Morgan fingerprint density at radius 2 is 2.06 bits per heavy atom. The summed E-state index contributed by atoms with van der Waals surface area (Å²) in [7, 11) is 0. The zero-order valence-electron chi connectivity index (χ0n) is 18.1. The zero-order valence-corrected chi connectivity index (χ0v) is 18.1. The van der Waals surface area contributed by atoms with Gasteiger partial charge >= 0.3 is 0 Å². The minimum absolute atomic E-state index is 0.243. The summed E-state index contributed by atoms with van der Waals surface area (Å²) in [6.45, 7) is 3.65. The Hall–Kier alpha value is -3.10. The molecule has 1 aliphatic heterocycles. The van der Waals surface area contributed by atoms with Crippen molar-refractivity contribution in [2.24, 2.45) is 5.92 Å². The van der Waals surface area contributed by atoms with Gasteiger partial charge in [0.25, 0.3) is 0 Å². The third-order valence-electron chi connectivity index (χ3n) is 6.50. The van der Waals surface area contributed by atoms with Gasteiger partial charge in [-0.25, -0.2) is 9.37 Å². The van der Waals surface area contributed by atoms with Crippen molar-refractivity contribution >= 4 is 17.5 Å². The van der Waals surface area contributed by atoms with Gasteiger partial charge in [0, 0.05) is 54.7 Å². The van der Waals surface area contributed by atoms with Crippen LogP contribution >= 0.6 is 0 Å². The van der Waals surface area contributed by atoms with Crippen molar-refractivity contribution in [1.29, 1.82) is 0 Å². The van der Waals surface area contributed by atoms with E-state index in [1.54, 1.807) is 6.20 Å². The molecule has 32 heavy (non-hydrogen) atoms. The number of hydrogen-bond donors (Lipinski definition) is 3. The monoisotopic (exact) mass is 433 g/mol. The molecule has 1 saturated carbocycles. The quantitative estimate of drug-likeness (QED) is 0.544. The molecule has 2 aliphatic rings. The topological polar surface area (TPSA) is 78.0 Å². The number of benzene rings is 1. The SMILES string of the molecule is CCN(c1nc(Nc2cccc(-c3cccnc3)c2)ncc1F)C1CCCC2NNCC21. The number of rotatable bonds is 6. The molecule has 0 spiro atoms. The van der Waals surface area contributed by atoms with Crippen LogP contribution in [0.15, 0.2) is 55.0 Å². The summed E-state index contributed by atoms with van der Waals surface area (Å²) in [5.41, 5.74) is 9.56. The van der Waals surface area contributed by atoms with E-state index in [9.17, 15) is 4.39 Å². The first-order valence-electron chi connectivity index (χ1n) is 11.3. The minimum Gasteiger partial charge on any atom is -0.351 e. The van der Waals surface area contributed by atoms with Crippen molar-refractivity contribution in [2.45, 2.75) is 38.3 Å². The van der Waals surface area contributed by atoms with Crippen LogP contribution in [0.3, 0.4) is 0 Å². The number of aromatic nitrogens is 3. The fourth-order valence-corrected chi connectivity index (χ4v) is 5.00. The number of hydrogen-bond acceptors (Lipinski definition) is 7. The molecule has 166 valence electrons. The smallest absolute Gasteiger partial charge is 0.229 e. The summed E-state index contributed by atoms with van der Waals surface area (Å²) < 4.78 is 14.9. The van der Waals surface area contributed by atoms with E-state index in [4.69, 9.17) is 0 Å². The van der Waals surface area contributed by atoms with E-state index < -0.39 is 0 Å². The number of hydrazine groups is 1. The Kier molecular flexibility index (Phi) is 5.96. The highest BCUT2D eigenvalue weighted by Crippen LogP contribution is 2.34. The van der Waals surface area contributed by atoms with E-state index in [0.717, 1.165) is 42.6 Å². The predicted molar refractivity (Wildman–Crippen MR) is 124 cm³/mol. The molecule has 1 saturated heterocycles. The van der Waals surface area contributed by atoms with Gasteiger partial charge in [-0.1, -0.05) is 18.2 Å². The molecular formula is C24H28FN7. The average Bonchev–Trinajstić information content (AvgIpc) is 3.32. The van der Waals surface area contributed by atoms with Gasteiger partial charge in [-0.05, 0) is 49.9 Å². The molecule has 5 rings (SSSR count). The summed E-state index contributed by atoms with van der Waals surface area (Å²) in [6.07, 6.45) is 8.16. The van der Waals surface area contributed by atoms with Crippen LogP contribution in [0.5, 0.6) is 0 Å². The van der Waals surface area contributed by atoms with Gasteiger partial charge in [0.15, 0.2) is 11.6 Å². The molecular weight excluding hydrogens is 405 g/mol. The summed E-state index contributed by atoms with van der Waals surface area (Å²) in [4.78, 5) is 15.1. The Morgan fingerprint density at radius 3 is 2.91 bits per heavy atom. The number of halogens is 1. The van der Waals surface area contributed by atoms with Gasteiger partial charge < -0.3 is 10.2 Å². The molecule has 0 amide bonds. The molecule has 3 N–H and O–H groups in total. The number of anilines is 3. The van der Waals surface area contributed by atoms with Crippen LogP contribution in [-0.4, -0.2) is 40.1 Å². The second-order valence-electron chi connectivity index (χ2n) is 8.39. The Labute approximate surface area is 187 Å². The second-order valence-corrected chi connectivity index (χ2v) is 8.39. The van der Waals surface area contributed by atoms with Gasteiger partial charge in [-0.3, -0.25) is 15.8 Å². The Balaban J connectivity index is 1.40. The van der Waals surface area contributed by atoms with Crippen LogP contribution in [-0.2, 0) is 0 Å². The van der Waals surface area contributed by atoms with Crippen molar-refractivity contribution in [2.75, 3.05) is 23.3 Å². The van der Waals surface area contributed by atoms with Gasteiger partial charge in [-0.2, -0.15) is 4.98 Å². The Bertz CT molecular complexity index is 1060. The highest BCUT2D eigenvalue weighted by Gasteiger charge is 2.40. The van der Waals surface area contributed by atoms with E-state index in [2.05, 4.69) is 42.9 Å². The second kappa shape index (κ2) is 9.18. The van der Waals surface area contributed by atoms with Crippen molar-refractivity contribution in [3.05, 3.63) is 60.8 Å². The molecule has 1 aromatic carbocycles. The molecule has 8 heteroatoms. The maximum atomic E-state index is 14.9. The molecule has 7 nitrogen and oxygen atoms in total. The van der Waals surface area contributed by atoms with Crippen LogP contribution in [0, 0.1) is 11.7 Å². The maximum Gasteiger partial charge on any atom is 0.229 e. The number of nitrogens with one attached hydrogen (secondary N) is 3. The standard InChI is InChI=1S/C24H28FN7/c1-2-32(22-10-4-9-21-19(22)14-28-31-21)23-20(25)15-27-24(30-23)29-18-8-3-6-16(12-18)17-7-5-11-26-13-17/h3,5-8,11-13,15,19,21-22,28,31H,2,4,9-10,14H2,1H3,(H,27,29,30). The summed E-state index contributed by atoms with van der Waals surface area (Å²) in [5.74, 6) is 0.803. The largest absolute Gasteiger partial charge is 0.351 e. The maximum absolute atomic E-state index is 14.9. The zero-order chi connectivity index (χ0) is 21.9. The highest BCUT2D eigenvalue weighted by molar-refractivity contribution is 5.69. The Morgan fingerprint density at radius 1 is 1.16 bits per heavy atom. The first-order valence-corrected chi connectivity index (χ1v) is 11.3.